The Bertz CT molecular complexity index is 1410. The first kappa shape index (κ1) is 26.3. The molecule has 0 unspecified atom stereocenters. The van der Waals surface area contributed by atoms with E-state index in [1.165, 1.54) is 29.5 Å². The van der Waals surface area contributed by atoms with E-state index in [1.54, 1.807) is 0 Å². The van der Waals surface area contributed by atoms with E-state index in [0.717, 1.165) is 54.0 Å². The third-order valence-electron chi connectivity index (χ3n) is 7.54. The molecule has 4 aromatic rings. The van der Waals surface area contributed by atoms with E-state index in [1.807, 2.05) is 24.3 Å². The van der Waals surface area contributed by atoms with Crippen LogP contribution in [0, 0.1) is 6.92 Å². The molecule has 1 N–H and O–H groups in total. The van der Waals surface area contributed by atoms with Crippen LogP contribution in [0.1, 0.15) is 60.4 Å². The van der Waals surface area contributed by atoms with Gasteiger partial charge in [0.2, 0.25) is 0 Å². The monoisotopic (exact) mass is 527 g/mol. The van der Waals surface area contributed by atoms with Crippen LogP contribution in [0.5, 0.6) is 0 Å². The number of unbranched alkanes of at least 4 members (excludes halogenated alkanes) is 1. The van der Waals surface area contributed by atoms with E-state index in [0.29, 0.717) is 23.8 Å². The number of nitrogens with zero attached hydrogens (tertiary/aromatic N) is 3. The van der Waals surface area contributed by atoms with E-state index in [-0.39, 0.29) is 6.42 Å². The van der Waals surface area contributed by atoms with Crippen LogP contribution in [0.3, 0.4) is 0 Å². The Morgan fingerprint density at radius 3 is 2.55 bits per heavy atom. The average Bonchev–Trinajstić information content (AvgIpc) is 2.92. The summed E-state index contributed by atoms with van der Waals surface area (Å²) in [6.07, 6.45) is 4.66. The highest BCUT2D eigenvalue weighted by Gasteiger charge is 2.22. The Balaban J connectivity index is 1.42. The molecule has 1 aliphatic heterocycles. The number of halogens is 1. The Kier molecular flexibility index (Phi) is 8.35. The smallest absolute Gasteiger partial charge is 0.303 e. The molecule has 5 nitrogen and oxygen atoms in total. The molecule has 1 aliphatic rings. The van der Waals surface area contributed by atoms with E-state index in [2.05, 4.69) is 54.3 Å². The van der Waals surface area contributed by atoms with Crippen molar-refractivity contribution in [3.05, 3.63) is 94.1 Å². The van der Waals surface area contributed by atoms with Gasteiger partial charge >= 0.3 is 5.97 Å². The molecule has 5 rings (SSSR count). The van der Waals surface area contributed by atoms with Crippen LogP contribution >= 0.6 is 11.6 Å². The second-order valence-corrected chi connectivity index (χ2v) is 10.8. The van der Waals surface area contributed by atoms with Gasteiger partial charge in [-0.3, -0.25) is 9.69 Å². The van der Waals surface area contributed by atoms with Crippen molar-refractivity contribution in [1.29, 1.82) is 0 Å². The van der Waals surface area contributed by atoms with Crippen molar-refractivity contribution in [2.75, 3.05) is 13.1 Å². The molecule has 1 fully saturated rings. The quantitative estimate of drug-likeness (QED) is 0.229. The van der Waals surface area contributed by atoms with Gasteiger partial charge in [0.25, 0.3) is 0 Å². The third kappa shape index (κ3) is 6.40. The summed E-state index contributed by atoms with van der Waals surface area (Å²) in [6.45, 7) is 5.24. The summed E-state index contributed by atoms with van der Waals surface area (Å²) in [7, 11) is 0. The van der Waals surface area contributed by atoms with E-state index in [9.17, 15) is 4.79 Å². The number of fused-ring (bicyclic) bond motifs is 1. The summed E-state index contributed by atoms with van der Waals surface area (Å²) in [4.78, 5) is 23.7. The van der Waals surface area contributed by atoms with Crippen LogP contribution in [0.4, 0.5) is 0 Å². The van der Waals surface area contributed by atoms with Gasteiger partial charge in [0.05, 0.1) is 22.4 Å². The number of benzene rings is 3. The van der Waals surface area contributed by atoms with Crippen LogP contribution < -0.4 is 0 Å². The van der Waals surface area contributed by atoms with Crippen molar-refractivity contribution < 1.29 is 9.90 Å². The Morgan fingerprint density at radius 2 is 1.79 bits per heavy atom. The van der Waals surface area contributed by atoms with Gasteiger partial charge in [-0.15, -0.1) is 0 Å². The van der Waals surface area contributed by atoms with Crippen molar-refractivity contribution in [1.82, 2.24) is 14.9 Å². The molecular formula is C32H34ClN3O2. The van der Waals surface area contributed by atoms with Crippen LogP contribution in [-0.2, 0) is 17.8 Å². The highest BCUT2D eigenvalue weighted by molar-refractivity contribution is 6.30. The molecule has 0 amide bonds. The number of aliphatic carboxylic acids is 1. The van der Waals surface area contributed by atoms with Gasteiger partial charge in [0, 0.05) is 30.1 Å². The molecule has 0 spiro atoms. The molecule has 196 valence electrons. The molecule has 0 saturated carbocycles. The van der Waals surface area contributed by atoms with Gasteiger partial charge < -0.3 is 5.11 Å². The molecule has 1 atom stereocenters. The number of carbonyl (C=O) groups is 1. The Labute approximate surface area is 229 Å². The number of rotatable bonds is 9. The Morgan fingerprint density at radius 1 is 1.03 bits per heavy atom. The lowest BCUT2D eigenvalue weighted by atomic mass is 9.90. The number of hydrogen-bond donors (Lipinski definition) is 1. The molecule has 2 heterocycles. The highest BCUT2D eigenvalue weighted by atomic mass is 35.5. The first-order valence-electron chi connectivity index (χ1n) is 13.5. The molecule has 1 saturated heterocycles. The Hall–Kier alpha value is -3.28. The lowest BCUT2D eigenvalue weighted by Gasteiger charge is -2.33. The number of carboxylic acids is 1. The van der Waals surface area contributed by atoms with Crippen molar-refractivity contribution in [2.24, 2.45) is 0 Å². The fourth-order valence-electron chi connectivity index (χ4n) is 5.48. The first-order chi connectivity index (χ1) is 18.5. The molecule has 6 heteroatoms. The summed E-state index contributed by atoms with van der Waals surface area (Å²) < 4.78 is 0. The number of hydrogen-bond acceptors (Lipinski definition) is 4. The highest BCUT2D eigenvalue weighted by Crippen LogP contribution is 2.30. The maximum atomic E-state index is 11.0. The van der Waals surface area contributed by atoms with Gasteiger partial charge in [0.1, 0.15) is 0 Å². The van der Waals surface area contributed by atoms with Gasteiger partial charge in [0.15, 0.2) is 0 Å². The standard InChI is InChI=1S/C32H34ClN3O2/c1-22-18-29-30(19-26(22)21-36-17-7-10-25(20-36)23-8-3-2-4-9-23)34-28(11-5-6-12-31(37)38)32(35-29)24-13-15-27(33)16-14-24/h2-4,8-9,13-16,18-19,25H,5-7,10-12,17,20-21H2,1H3,(H,37,38)/t25-/m0/s1. The molecule has 3 aromatic carbocycles. The van der Waals surface area contributed by atoms with Gasteiger partial charge in [-0.2, -0.15) is 0 Å². The van der Waals surface area contributed by atoms with Crippen molar-refractivity contribution in [3.8, 4) is 11.3 Å². The van der Waals surface area contributed by atoms with Gasteiger partial charge in [-0.05, 0) is 92.4 Å². The molecule has 1 aromatic heterocycles. The number of carboxylic acid groups (broad SMARTS) is 1. The number of aryl methyl sites for hydroxylation is 2. The lowest BCUT2D eigenvalue weighted by molar-refractivity contribution is -0.137. The largest absolute Gasteiger partial charge is 0.481 e. The minimum atomic E-state index is -0.764. The zero-order valence-corrected chi connectivity index (χ0v) is 22.6. The second-order valence-electron chi connectivity index (χ2n) is 10.4. The maximum absolute atomic E-state index is 11.0. The van der Waals surface area contributed by atoms with Crippen molar-refractivity contribution in [3.63, 3.8) is 0 Å². The fraction of sp³-hybridized carbons (Fsp3) is 0.344. The summed E-state index contributed by atoms with van der Waals surface area (Å²) in [5.41, 5.74) is 8.45. The van der Waals surface area contributed by atoms with Crippen LogP contribution in [-0.4, -0.2) is 39.0 Å². The van der Waals surface area contributed by atoms with Crippen LogP contribution in [0.15, 0.2) is 66.7 Å². The zero-order chi connectivity index (χ0) is 26.5. The summed E-state index contributed by atoms with van der Waals surface area (Å²) in [5.74, 6) is -0.190. The van der Waals surface area contributed by atoms with Crippen LogP contribution in [0.25, 0.3) is 22.3 Å². The lowest BCUT2D eigenvalue weighted by Crippen LogP contribution is -2.34. The molecule has 0 bridgehead atoms. The minimum absolute atomic E-state index is 0.167. The maximum Gasteiger partial charge on any atom is 0.303 e. The molecule has 0 aliphatic carbocycles. The van der Waals surface area contributed by atoms with Crippen molar-refractivity contribution in [2.45, 2.75) is 57.9 Å². The minimum Gasteiger partial charge on any atom is -0.481 e. The first-order valence-corrected chi connectivity index (χ1v) is 13.9. The second kappa shape index (κ2) is 12.1. The topological polar surface area (TPSA) is 66.3 Å². The fourth-order valence-corrected chi connectivity index (χ4v) is 5.60. The normalized spacial score (nSPS) is 16.1. The number of piperidine rings is 1. The third-order valence-corrected chi connectivity index (χ3v) is 7.79. The molecule has 0 radical (unpaired) electrons. The zero-order valence-electron chi connectivity index (χ0n) is 21.9. The molecule has 38 heavy (non-hydrogen) atoms. The van der Waals surface area contributed by atoms with Crippen molar-refractivity contribution >= 4 is 28.6 Å². The average molecular weight is 528 g/mol. The summed E-state index contributed by atoms with van der Waals surface area (Å²) >= 11 is 6.13. The van der Waals surface area contributed by atoms with E-state index >= 15 is 0 Å². The van der Waals surface area contributed by atoms with E-state index < -0.39 is 5.97 Å². The molecular weight excluding hydrogens is 494 g/mol. The number of aromatic nitrogens is 2. The predicted molar refractivity (Wildman–Crippen MR) is 154 cm³/mol. The predicted octanol–water partition coefficient (Wildman–Crippen LogP) is 7.44. The SMILES string of the molecule is Cc1cc2nc(-c3ccc(Cl)cc3)c(CCCCC(=O)O)nc2cc1CN1CCC[C@H](c2ccccc2)C1. The number of likely N-dealkylation sites (tertiary alicyclic amines) is 1. The van der Waals surface area contributed by atoms with Gasteiger partial charge in [-0.1, -0.05) is 54.1 Å². The van der Waals surface area contributed by atoms with Crippen LogP contribution in [0.2, 0.25) is 5.02 Å². The summed E-state index contributed by atoms with van der Waals surface area (Å²) in [6, 6.07) is 22.9. The van der Waals surface area contributed by atoms with E-state index in [4.69, 9.17) is 26.7 Å². The van der Waals surface area contributed by atoms with Gasteiger partial charge in [-0.25, -0.2) is 9.97 Å². The summed E-state index contributed by atoms with van der Waals surface area (Å²) in [5, 5.41) is 9.72.